The van der Waals surface area contributed by atoms with Gasteiger partial charge in [-0.1, -0.05) is 45.4 Å². The summed E-state index contributed by atoms with van der Waals surface area (Å²) >= 11 is 0. The lowest BCUT2D eigenvalue weighted by Gasteiger charge is -2.11. The van der Waals surface area contributed by atoms with Gasteiger partial charge >= 0.3 is 0 Å². The van der Waals surface area contributed by atoms with Crippen molar-refractivity contribution in [1.29, 1.82) is 0 Å². The van der Waals surface area contributed by atoms with E-state index >= 15 is 0 Å². The van der Waals surface area contributed by atoms with E-state index in [9.17, 15) is 0 Å². The van der Waals surface area contributed by atoms with E-state index in [2.05, 4.69) is 54.3 Å². The van der Waals surface area contributed by atoms with Gasteiger partial charge in [-0.15, -0.1) is 0 Å². The number of hydrogen-bond acceptors (Lipinski definition) is 4. The summed E-state index contributed by atoms with van der Waals surface area (Å²) < 4.78 is 0. The predicted molar refractivity (Wildman–Crippen MR) is 112 cm³/mol. The van der Waals surface area contributed by atoms with Crippen LogP contribution >= 0.6 is 0 Å². The van der Waals surface area contributed by atoms with Crippen LogP contribution in [-0.2, 0) is 25.7 Å². The van der Waals surface area contributed by atoms with Gasteiger partial charge in [0.2, 0.25) is 5.95 Å². The SMILES string of the molecule is CCCCNc1nc(N)ncc1CCCCc1ccc(CC)c(CC)c1. The maximum atomic E-state index is 5.75. The third-order valence-electron chi connectivity index (χ3n) is 4.90. The van der Waals surface area contributed by atoms with Crippen molar-refractivity contribution < 1.29 is 0 Å². The minimum atomic E-state index is 0.343. The number of nitrogens with zero attached hydrogens (tertiary/aromatic N) is 2. The van der Waals surface area contributed by atoms with E-state index < -0.39 is 0 Å². The molecule has 0 saturated carbocycles. The molecular formula is C22H34N4. The second-order valence-corrected chi connectivity index (χ2v) is 6.90. The quantitative estimate of drug-likeness (QED) is 0.560. The van der Waals surface area contributed by atoms with Crippen LogP contribution in [0, 0.1) is 0 Å². The first kappa shape index (κ1) is 20.2. The van der Waals surface area contributed by atoms with Crippen LogP contribution in [-0.4, -0.2) is 16.5 Å². The zero-order valence-electron chi connectivity index (χ0n) is 16.6. The van der Waals surface area contributed by atoms with Gasteiger partial charge in [0.1, 0.15) is 5.82 Å². The van der Waals surface area contributed by atoms with Gasteiger partial charge in [-0.2, -0.15) is 4.98 Å². The molecule has 2 aromatic rings. The fourth-order valence-electron chi connectivity index (χ4n) is 3.29. The fraction of sp³-hybridized carbons (Fsp3) is 0.545. The van der Waals surface area contributed by atoms with Gasteiger partial charge in [0.25, 0.3) is 0 Å². The Morgan fingerprint density at radius 3 is 2.42 bits per heavy atom. The van der Waals surface area contributed by atoms with Crippen LogP contribution in [0.15, 0.2) is 24.4 Å². The normalized spacial score (nSPS) is 10.9. The summed E-state index contributed by atoms with van der Waals surface area (Å²) in [6.07, 6.45) is 10.8. The number of hydrogen-bond donors (Lipinski definition) is 2. The summed E-state index contributed by atoms with van der Waals surface area (Å²) in [6, 6.07) is 6.99. The summed E-state index contributed by atoms with van der Waals surface area (Å²) in [6.45, 7) is 7.60. The average molecular weight is 355 g/mol. The molecule has 0 aliphatic rings. The topological polar surface area (TPSA) is 63.8 Å². The summed E-state index contributed by atoms with van der Waals surface area (Å²) in [5, 5.41) is 3.41. The lowest BCUT2D eigenvalue weighted by atomic mass is 9.97. The molecule has 2 rings (SSSR count). The molecule has 1 aromatic heterocycles. The fourth-order valence-corrected chi connectivity index (χ4v) is 3.29. The second kappa shape index (κ2) is 10.8. The maximum absolute atomic E-state index is 5.75. The van der Waals surface area contributed by atoms with Crippen molar-refractivity contribution >= 4 is 11.8 Å². The largest absolute Gasteiger partial charge is 0.370 e. The number of nitrogen functional groups attached to an aromatic ring is 1. The highest BCUT2D eigenvalue weighted by molar-refractivity contribution is 5.46. The Balaban J connectivity index is 1.88. The number of unbranched alkanes of at least 4 members (excludes halogenated alkanes) is 2. The molecular weight excluding hydrogens is 320 g/mol. The van der Waals surface area contributed by atoms with Crippen molar-refractivity contribution in [1.82, 2.24) is 9.97 Å². The van der Waals surface area contributed by atoms with Gasteiger partial charge < -0.3 is 11.1 Å². The molecule has 142 valence electrons. The number of benzene rings is 1. The van der Waals surface area contributed by atoms with Gasteiger partial charge in [0.05, 0.1) is 0 Å². The number of nitrogens with one attached hydrogen (secondary N) is 1. The summed E-state index contributed by atoms with van der Waals surface area (Å²) in [5.41, 5.74) is 11.4. The Morgan fingerprint density at radius 1 is 0.923 bits per heavy atom. The predicted octanol–water partition coefficient (Wildman–Crippen LogP) is 4.96. The molecule has 0 radical (unpaired) electrons. The monoisotopic (exact) mass is 354 g/mol. The van der Waals surface area contributed by atoms with Crippen molar-refractivity contribution in [3.05, 3.63) is 46.6 Å². The molecule has 0 fully saturated rings. The first-order valence-corrected chi connectivity index (χ1v) is 10.1. The zero-order chi connectivity index (χ0) is 18.8. The third kappa shape index (κ3) is 6.01. The van der Waals surface area contributed by atoms with Crippen LogP contribution in [0.1, 0.15) is 68.7 Å². The first-order chi connectivity index (χ1) is 12.7. The molecule has 1 heterocycles. The number of nitrogens with two attached hydrogens (primary N) is 1. The van der Waals surface area contributed by atoms with Crippen molar-refractivity contribution in [3.63, 3.8) is 0 Å². The van der Waals surface area contributed by atoms with E-state index in [0.717, 1.165) is 50.9 Å². The van der Waals surface area contributed by atoms with Gasteiger partial charge in [0.15, 0.2) is 0 Å². The van der Waals surface area contributed by atoms with E-state index in [-0.39, 0.29) is 0 Å². The smallest absolute Gasteiger partial charge is 0.221 e. The van der Waals surface area contributed by atoms with Gasteiger partial charge in [-0.25, -0.2) is 4.98 Å². The van der Waals surface area contributed by atoms with Gasteiger partial charge in [0, 0.05) is 18.3 Å². The summed E-state index contributed by atoms with van der Waals surface area (Å²) in [4.78, 5) is 8.55. The zero-order valence-corrected chi connectivity index (χ0v) is 16.6. The van der Waals surface area contributed by atoms with Crippen LogP contribution in [0.2, 0.25) is 0 Å². The molecule has 0 saturated heterocycles. The first-order valence-electron chi connectivity index (χ1n) is 10.1. The van der Waals surface area contributed by atoms with Crippen molar-refractivity contribution in [2.24, 2.45) is 0 Å². The van der Waals surface area contributed by atoms with Crippen LogP contribution in [0.4, 0.5) is 11.8 Å². The molecule has 0 aliphatic carbocycles. The van der Waals surface area contributed by atoms with Gasteiger partial charge in [-0.3, -0.25) is 0 Å². The lowest BCUT2D eigenvalue weighted by molar-refractivity contribution is 0.729. The number of aromatic nitrogens is 2. The summed E-state index contributed by atoms with van der Waals surface area (Å²) in [7, 11) is 0. The molecule has 4 heteroatoms. The maximum Gasteiger partial charge on any atom is 0.221 e. The average Bonchev–Trinajstić information content (AvgIpc) is 2.66. The van der Waals surface area contributed by atoms with Crippen LogP contribution in [0.25, 0.3) is 0 Å². The molecule has 3 N–H and O–H groups in total. The molecule has 0 amide bonds. The number of aryl methyl sites for hydroxylation is 4. The molecule has 4 nitrogen and oxygen atoms in total. The minimum absolute atomic E-state index is 0.343. The van der Waals surface area contributed by atoms with Gasteiger partial charge in [-0.05, 0) is 61.6 Å². The van der Waals surface area contributed by atoms with E-state index in [1.165, 1.54) is 35.1 Å². The third-order valence-corrected chi connectivity index (χ3v) is 4.90. The van der Waals surface area contributed by atoms with Crippen LogP contribution in [0.3, 0.4) is 0 Å². The van der Waals surface area contributed by atoms with E-state index in [0.29, 0.717) is 5.95 Å². The highest BCUT2D eigenvalue weighted by Crippen LogP contribution is 2.18. The Hall–Kier alpha value is -2.10. The number of rotatable bonds is 11. The van der Waals surface area contributed by atoms with Crippen molar-refractivity contribution in [2.45, 2.75) is 72.1 Å². The molecule has 0 unspecified atom stereocenters. The standard InChI is InChI=1S/C22H34N4/c1-4-7-14-24-21-20(16-25-22(23)26-21)11-9-8-10-17-12-13-18(5-2)19(6-3)15-17/h12-13,15-16H,4-11,14H2,1-3H3,(H3,23,24,25,26). The molecule has 0 spiro atoms. The van der Waals surface area contributed by atoms with Crippen LogP contribution < -0.4 is 11.1 Å². The summed E-state index contributed by atoms with van der Waals surface area (Å²) in [5.74, 6) is 1.25. The Kier molecular flexibility index (Phi) is 8.39. The lowest BCUT2D eigenvalue weighted by Crippen LogP contribution is -2.09. The Bertz CT molecular complexity index is 682. The second-order valence-electron chi connectivity index (χ2n) is 6.90. The van der Waals surface area contributed by atoms with E-state index in [4.69, 9.17) is 5.73 Å². The highest BCUT2D eigenvalue weighted by atomic mass is 15.1. The molecule has 26 heavy (non-hydrogen) atoms. The Morgan fingerprint density at radius 2 is 1.69 bits per heavy atom. The van der Waals surface area contributed by atoms with Crippen molar-refractivity contribution in [2.75, 3.05) is 17.6 Å². The molecule has 0 atom stereocenters. The number of anilines is 2. The molecule has 0 bridgehead atoms. The van der Waals surface area contributed by atoms with E-state index in [1.807, 2.05) is 6.20 Å². The van der Waals surface area contributed by atoms with Crippen molar-refractivity contribution in [3.8, 4) is 0 Å². The Labute approximate surface area is 158 Å². The van der Waals surface area contributed by atoms with Crippen LogP contribution in [0.5, 0.6) is 0 Å². The minimum Gasteiger partial charge on any atom is -0.370 e. The highest BCUT2D eigenvalue weighted by Gasteiger charge is 2.06. The van der Waals surface area contributed by atoms with E-state index in [1.54, 1.807) is 0 Å². The molecule has 0 aliphatic heterocycles. The molecule has 1 aromatic carbocycles.